The second-order valence-corrected chi connectivity index (χ2v) is 4.01. The first kappa shape index (κ1) is 9.16. The third kappa shape index (κ3) is 1.76. The summed E-state index contributed by atoms with van der Waals surface area (Å²) in [5.41, 5.74) is 0. The summed E-state index contributed by atoms with van der Waals surface area (Å²) >= 11 is 0. The number of hydrogen-bond acceptors (Lipinski definition) is 3. The molecule has 0 aromatic rings. The topological polar surface area (TPSA) is 35.5 Å². The number of ketones is 1. The van der Waals surface area contributed by atoms with Crippen LogP contribution in [0.5, 0.6) is 0 Å². The van der Waals surface area contributed by atoms with Crippen molar-refractivity contribution in [2.45, 2.75) is 38.4 Å². The van der Waals surface area contributed by atoms with Gasteiger partial charge in [-0.15, -0.1) is 0 Å². The van der Waals surface area contributed by atoms with Gasteiger partial charge in [0.25, 0.3) is 0 Å². The number of hydrogen-bond donors (Lipinski definition) is 0. The molecule has 0 amide bonds. The minimum atomic E-state index is -0.394. The van der Waals surface area contributed by atoms with Gasteiger partial charge in [0.05, 0.1) is 13.2 Å². The van der Waals surface area contributed by atoms with Crippen molar-refractivity contribution in [2.24, 2.45) is 5.92 Å². The fraction of sp³-hybridized carbons (Fsp3) is 0.900. The van der Waals surface area contributed by atoms with Crippen LogP contribution < -0.4 is 0 Å². The summed E-state index contributed by atoms with van der Waals surface area (Å²) in [6.45, 7) is 3.04. The summed E-state index contributed by atoms with van der Waals surface area (Å²) in [5.74, 6) is 0.0409. The van der Waals surface area contributed by atoms with Crippen LogP contribution in [-0.2, 0) is 14.3 Å². The molecule has 2 aliphatic rings. The number of carbonyl (C=O) groups is 1. The van der Waals surface area contributed by atoms with E-state index in [0.29, 0.717) is 13.2 Å². The maximum absolute atomic E-state index is 11.2. The quantitative estimate of drug-likeness (QED) is 0.619. The van der Waals surface area contributed by atoms with Gasteiger partial charge in [0.1, 0.15) is 5.78 Å². The molecule has 1 aliphatic heterocycles. The molecule has 1 atom stereocenters. The SMILES string of the molecule is CC(=O)[C@@H]1CCCC2(C1)OCCO2. The van der Waals surface area contributed by atoms with Crippen LogP contribution in [0.2, 0.25) is 0 Å². The van der Waals surface area contributed by atoms with Gasteiger partial charge in [-0.3, -0.25) is 4.79 Å². The first-order chi connectivity index (χ1) is 6.22. The third-order valence-corrected chi connectivity index (χ3v) is 3.06. The molecule has 0 radical (unpaired) electrons. The Balaban J connectivity index is 2.02. The van der Waals surface area contributed by atoms with Gasteiger partial charge in [-0.1, -0.05) is 0 Å². The molecule has 1 saturated carbocycles. The molecule has 0 aromatic carbocycles. The van der Waals surface area contributed by atoms with Gasteiger partial charge < -0.3 is 9.47 Å². The number of rotatable bonds is 1. The second-order valence-electron chi connectivity index (χ2n) is 4.01. The van der Waals surface area contributed by atoms with Crippen LogP contribution >= 0.6 is 0 Å². The molecule has 0 unspecified atom stereocenters. The maximum Gasteiger partial charge on any atom is 0.169 e. The molecule has 0 N–H and O–H groups in total. The predicted molar refractivity (Wildman–Crippen MR) is 47.3 cm³/mol. The van der Waals surface area contributed by atoms with Crippen LogP contribution in [0.15, 0.2) is 0 Å². The van der Waals surface area contributed by atoms with Crippen molar-refractivity contribution < 1.29 is 14.3 Å². The summed E-state index contributed by atoms with van der Waals surface area (Å²) in [4.78, 5) is 11.2. The van der Waals surface area contributed by atoms with Gasteiger partial charge in [-0.2, -0.15) is 0 Å². The lowest BCUT2D eigenvalue weighted by atomic mass is 9.82. The minimum absolute atomic E-state index is 0.159. The normalized spacial score (nSPS) is 32.2. The molecule has 2 rings (SSSR count). The van der Waals surface area contributed by atoms with Gasteiger partial charge in [0.2, 0.25) is 0 Å². The highest BCUT2D eigenvalue weighted by atomic mass is 16.7. The summed E-state index contributed by atoms with van der Waals surface area (Å²) in [7, 11) is 0. The lowest BCUT2D eigenvalue weighted by Crippen LogP contribution is -2.38. The first-order valence-corrected chi connectivity index (χ1v) is 5.00. The van der Waals surface area contributed by atoms with E-state index in [2.05, 4.69) is 0 Å². The molecule has 0 bridgehead atoms. The van der Waals surface area contributed by atoms with Crippen LogP contribution in [-0.4, -0.2) is 24.8 Å². The summed E-state index contributed by atoms with van der Waals surface area (Å²) < 4.78 is 11.2. The largest absolute Gasteiger partial charge is 0.348 e. The van der Waals surface area contributed by atoms with E-state index in [1.54, 1.807) is 6.92 Å². The Morgan fingerprint density at radius 3 is 2.69 bits per heavy atom. The average molecular weight is 184 g/mol. The highest BCUT2D eigenvalue weighted by Crippen LogP contribution is 2.38. The molecule has 74 valence electrons. The van der Waals surface area contributed by atoms with Gasteiger partial charge in [-0.25, -0.2) is 0 Å². The van der Waals surface area contributed by atoms with Crippen molar-refractivity contribution in [1.29, 1.82) is 0 Å². The Morgan fingerprint density at radius 2 is 2.08 bits per heavy atom. The van der Waals surface area contributed by atoms with Crippen molar-refractivity contribution in [3.63, 3.8) is 0 Å². The van der Waals surface area contributed by atoms with E-state index in [9.17, 15) is 4.79 Å². The van der Waals surface area contributed by atoms with Gasteiger partial charge >= 0.3 is 0 Å². The molecule has 1 aliphatic carbocycles. The maximum atomic E-state index is 11.2. The summed E-state index contributed by atoms with van der Waals surface area (Å²) in [6, 6.07) is 0. The first-order valence-electron chi connectivity index (χ1n) is 5.00. The molecule has 0 aromatic heterocycles. The highest BCUT2D eigenvalue weighted by molar-refractivity contribution is 5.78. The Labute approximate surface area is 78.4 Å². The van der Waals surface area contributed by atoms with Crippen LogP contribution in [0.1, 0.15) is 32.6 Å². The lowest BCUT2D eigenvalue weighted by molar-refractivity contribution is -0.188. The van der Waals surface area contributed by atoms with E-state index in [4.69, 9.17) is 9.47 Å². The van der Waals surface area contributed by atoms with Crippen molar-refractivity contribution in [3.8, 4) is 0 Å². The van der Waals surface area contributed by atoms with E-state index in [0.717, 1.165) is 25.7 Å². The molecule has 2 fully saturated rings. The van der Waals surface area contributed by atoms with Crippen LogP contribution in [0, 0.1) is 5.92 Å². The van der Waals surface area contributed by atoms with E-state index < -0.39 is 5.79 Å². The molecule has 1 heterocycles. The van der Waals surface area contributed by atoms with E-state index in [1.807, 2.05) is 0 Å². The smallest absolute Gasteiger partial charge is 0.169 e. The van der Waals surface area contributed by atoms with Crippen molar-refractivity contribution in [1.82, 2.24) is 0 Å². The Hall–Kier alpha value is -0.410. The Bertz CT molecular complexity index is 206. The molecule has 1 spiro atoms. The van der Waals surface area contributed by atoms with Gasteiger partial charge in [0, 0.05) is 18.8 Å². The number of Topliss-reactive ketones (excluding diaryl/α,β-unsaturated/α-hetero) is 1. The molecular formula is C10H16O3. The van der Waals surface area contributed by atoms with E-state index in [-0.39, 0.29) is 11.7 Å². The molecular weight excluding hydrogens is 168 g/mol. The van der Waals surface area contributed by atoms with Crippen molar-refractivity contribution in [2.75, 3.05) is 13.2 Å². The second kappa shape index (κ2) is 3.39. The summed E-state index contributed by atoms with van der Waals surface area (Å²) in [6.07, 6.45) is 3.77. The fourth-order valence-electron chi connectivity index (χ4n) is 2.30. The zero-order valence-corrected chi connectivity index (χ0v) is 8.04. The van der Waals surface area contributed by atoms with Crippen LogP contribution in [0.25, 0.3) is 0 Å². The van der Waals surface area contributed by atoms with Crippen molar-refractivity contribution >= 4 is 5.78 Å². The Kier molecular flexibility index (Phi) is 2.39. The Morgan fingerprint density at radius 1 is 1.38 bits per heavy atom. The standard InChI is InChI=1S/C10H16O3/c1-8(11)9-3-2-4-10(7-9)12-5-6-13-10/h9H,2-7H2,1H3/t9-/m1/s1. The van der Waals surface area contributed by atoms with Gasteiger partial charge in [-0.05, 0) is 19.8 Å². The number of ether oxygens (including phenoxy) is 2. The molecule has 3 heteroatoms. The lowest BCUT2D eigenvalue weighted by Gasteiger charge is -2.35. The van der Waals surface area contributed by atoms with Crippen molar-refractivity contribution in [3.05, 3.63) is 0 Å². The van der Waals surface area contributed by atoms with E-state index >= 15 is 0 Å². The minimum Gasteiger partial charge on any atom is -0.348 e. The zero-order valence-electron chi connectivity index (χ0n) is 8.04. The van der Waals surface area contributed by atoms with Crippen LogP contribution in [0.4, 0.5) is 0 Å². The molecule has 3 nitrogen and oxygen atoms in total. The number of carbonyl (C=O) groups excluding carboxylic acids is 1. The predicted octanol–water partition coefficient (Wildman–Crippen LogP) is 1.51. The molecule has 1 saturated heterocycles. The monoisotopic (exact) mass is 184 g/mol. The van der Waals surface area contributed by atoms with E-state index in [1.165, 1.54) is 0 Å². The molecule has 13 heavy (non-hydrogen) atoms. The van der Waals surface area contributed by atoms with Crippen LogP contribution in [0.3, 0.4) is 0 Å². The highest BCUT2D eigenvalue weighted by Gasteiger charge is 2.42. The zero-order chi connectivity index (χ0) is 9.31. The third-order valence-electron chi connectivity index (χ3n) is 3.06. The average Bonchev–Trinajstić information content (AvgIpc) is 2.53. The summed E-state index contributed by atoms with van der Waals surface area (Å²) in [5, 5.41) is 0. The van der Waals surface area contributed by atoms with Gasteiger partial charge in [0.15, 0.2) is 5.79 Å². The fourth-order valence-corrected chi connectivity index (χ4v) is 2.30.